The third-order valence-electron chi connectivity index (χ3n) is 4.03. The standard InChI is InChI=1S/C15H29NSi.2CH3.Ti/c1-10-11(2)13(4)14(12(10)3)17(8,9)16-15(5,6)7;;;/h14,16H,1-9H3;2*1H3;. The third kappa shape index (κ3) is 5.29. The molecule has 0 radical (unpaired) electrons. The fourth-order valence-corrected chi connectivity index (χ4v) is 8.15. The molecule has 0 bridgehead atoms. The minimum absolute atomic E-state index is 0.209. The van der Waals surface area contributed by atoms with Gasteiger partial charge in [0.05, 0.1) is 0 Å². The normalized spacial score (nSPS) is 17.4. The van der Waals surface area contributed by atoms with Gasteiger partial charge in [-0.1, -0.05) is 24.2 Å². The summed E-state index contributed by atoms with van der Waals surface area (Å²) in [6, 6.07) is 0. The minimum atomic E-state index is -1.48. The quantitative estimate of drug-likeness (QED) is 0.631. The van der Waals surface area contributed by atoms with Gasteiger partial charge in [-0.3, -0.25) is 0 Å². The van der Waals surface area contributed by atoms with Gasteiger partial charge in [0.1, 0.15) is 8.24 Å². The van der Waals surface area contributed by atoms with E-state index in [2.05, 4.69) is 77.0 Å². The molecule has 1 rings (SSSR count). The molecule has 0 amide bonds. The molecule has 0 spiro atoms. The van der Waals surface area contributed by atoms with Crippen LogP contribution in [-0.4, -0.2) is 13.8 Å². The number of nitrogens with one attached hydrogen (secondary N) is 1. The molecule has 0 unspecified atom stereocenters. The molecule has 3 heteroatoms. The van der Waals surface area contributed by atoms with Crippen molar-refractivity contribution in [1.29, 1.82) is 0 Å². The van der Waals surface area contributed by atoms with E-state index in [4.69, 9.17) is 0 Å². The van der Waals surface area contributed by atoms with Crippen molar-refractivity contribution in [1.82, 2.24) is 4.98 Å². The van der Waals surface area contributed by atoms with Crippen LogP contribution in [0.5, 0.6) is 0 Å². The van der Waals surface area contributed by atoms with E-state index in [0.717, 1.165) is 0 Å². The van der Waals surface area contributed by atoms with Crippen molar-refractivity contribution < 1.29 is 19.2 Å². The summed E-state index contributed by atoms with van der Waals surface area (Å²) in [4.78, 5) is 3.91. The van der Waals surface area contributed by atoms with E-state index in [0.29, 0.717) is 24.7 Å². The molecule has 1 N–H and O–H groups in total. The molecule has 0 saturated heterocycles. The van der Waals surface area contributed by atoms with Crippen molar-refractivity contribution in [2.75, 3.05) is 0 Å². The zero-order valence-corrected chi connectivity index (χ0v) is 18.1. The first-order chi connectivity index (χ1) is 8.89. The molecule has 1 aliphatic rings. The summed E-state index contributed by atoms with van der Waals surface area (Å²) in [5, 5.41) is 4.50. The number of rotatable bonds is 2. The average Bonchev–Trinajstić information content (AvgIpc) is 2.41. The molecule has 0 heterocycles. The van der Waals surface area contributed by atoms with E-state index in [9.17, 15) is 0 Å². The van der Waals surface area contributed by atoms with Crippen LogP contribution in [0.15, 0.2) is 22.3 Å². The van der Waals surface area contributed by atoms with Gasteiger partial charge in [0, 0.05) is 11.1 Å². The second kappa shape index (κ2) is 7.58. The summed E-state index contributed by atoms with van der Waals surface area (Å²) in [5.74, 6) is 0. The number of hydrogen-bond acceptors (Lipinski definition) is 1. The van der Waals surface area contributed by atoms with Crippen LogP contribution in [0.25, 0.3) is 0 Å². The second-order valence-corrected chi connectivity index (χ2v) is 13.5. The Morgan fingerprint density at radius 3 is 1.45 bits per heavy atom. The van der Waals surface area contributed by atoms with Crippen LogP contribution in [0.1, 0.15) is 48.5 Å². The maximum absolute atomic E-state index is 3.91. The topological polar surface area (TPSA) is 12.0 Å². The molecule has 0 aromatic rings. The summed E-state index contributed by atoms with van der Waals surface area (Å²) in [6.45, 7) is 20.9. The predicted molar refractivity (Wildman–Crippen MR) is 92.6 cm³/mol. The van der Waals surface area contributed by atoms with Gasteiger partial charge in [0.2, 0.25) is 0 Å². The van der Waals surface area contributed by atoms with E-state index in [1.54, 1.807) is 11.1 Å². The van der Waals surface area contributed by atoms with Crippen molar-refractivity contribution in [3.05, 3.63) is 22.3 Å². The molecule has 0 aromatic carbocycles. The molecule has 0 aliphatic heterocycles. The van der Waals surface area contributed by atoms with Crippen molar-refractivity contribution in [3.63, 3.8) is 0 Å². The van der Waals surface area contributed by atoms with Gasteiger partial charge in [0.25, 0.3) is 0 Å². The summed E-state index contributed by atoms with van der Waals surface area (Å²) >= 11 is 0.500. The van der Waals surface area contributed by atoms with Gasteiger partial charge >= 0.3 is 29.6 Å². The third-order valence-corrected chi connectivity index (χ3v) is 7.73. The van der Waals surface area contributed by atoms with Gasteiger partial charge in [0.15, 0.2) is 0 Å². The Kier molecular flexibility index (Phi) is 7.72. The summed E-state index contributed by atoms with van der Waals surface area (Å²) in [5.41, 5.74) is 7.09. The van der Waals surface area contributed by atoms with Gasteiger partial charge in [-0.25, -0.2) is 0 Å². The molecule has 20 heavy (non-hydrogen) atoms. The Morgan fingerprint density at radius 1 is 0.900 bits per heavy atom. The molecule has 1 aliphatic carbocycles. The Labute approximate surface area is 137 Å². The zero-order chi connectivity index (χ0) is 16.3. The molecular formula is C17H35NSiTi. The van der Waals surface area contributed by atoms with Crippen LogP contribution in [0.2, 0.25) is 29.1 Å². The molecule has 0 fully saturated rings. The average molecular weight is 329 g/mol. The van der Waals surface area contributed by atoms with Crippen molar-refractivity contribution in [2.24, 2.45) is 0 Å². The van der Waals surface area contributed by atoms with Gasteiger partial charge < -0.3 is 4.98 Å². The van der Waals surface area contributed by atoms with E-state index in [-0.39, 0.29) is 5.54 Å². The Bertz CT molecular complexity index is 376. The Balaban J connectivity index is 0.00000110. The molecule has 1 nitrogen and oxygen atoms in total. The predicted octanol–water partition coefficient (Wildman–Crippen LogP) is 5.80. The fourth-order valence-electron chi connectivity index (χ4n) is 3.47. The zero-order valence-electron chi connectivity index (χ0n) is 15.6. The fraction of sp³-hybridized carbons (Fsp3) is 0.765. The van der Waals surface area contributed by atoms with E-state index in [1.165, 1.54) is 11.1 Å². The Morgan fingerprint density at radius 2 is 1.20 bits per heavy atom. The van der Waals surface area contributed by atoms with Crippen molar-refractivity contribution in [3.8, 4) is 0 Å². The van der Waals surface area contributed by atoms with Gasteiger partial charge in [-0.2, -0.15) is 0 Å². The first-order valence-corrected chi connectivity index (χ1v) is 13.8. The Hall–Kier alpha value is 0.371. The molecule has 0 aromatic heterocycles. The molecule has 116 valence electrons. The van der Waals surface area contributed by atoms with Crippen LogP contribution < -0.4 is 4.98 Å². The molecule has 0 saturated carbocycles. The molecular weight excluding hydrogens is 294 g/mol. The van der Waals surface area contributed by atoms with E-state index in [1.807, 2.05) is 0 Å². The van der Waals surface area contributed by atoms with Crippen molar-refractivity contribution in [2.45, 2.75) is 83.1 Å². The van der Waals surface area contributed by atoms with Gasteiger partial charge in [-0.15, -0.1) is 0 Å². The van der Waals surface area contributed by atoms with Gasteiger partial charge in [-0.05, 0) is 59.6 Å². The van der Waals surface area contributed by atoms with E-state index >= 15 is 0 Å². The van der Waals surface area contributed by atoms with E-state index < -0.39 is 8.24 Å². The van der Waals surface area contributed by atoms with Crippen LogP contribution in [0.3, 0.4) is 0 Å². The van der Waals surface area contributed by atoms with Crippen LogP contribution in [0.4, 0.5) is 0 Å². The first kappa shape index (κ1) is 20.4. The second-order valence-electron chi connectivity index (χ2n) is 7.65. The molecule has 0 atom stereocenters. The van der Waals surface area contributed by atoms with Crippen LogP contribution in [-0.2, 0) is 19.2 Å². The summed E-state index contributed by atoms with van der Waals surface area (Å²) in [6.07, 6.45) is 0. The van der Waals surface area contributed by atoms with Crippen LogP contribution in [0, 0.1) is 0 Å². The summed E-state index contributed by atoms with van der Waals surface area (Å²) < 4.78 is 0. The monoisotopic (exact) mass is 329 g/mol. The number of hydrogen-bond donors (Lipinski definition) is 1. The van der Waals surface area contributed by atoms with Crippen molar-refractivity contribution >= 4 is 8.24 Å². The number of allylic oxidation sites excluding steroid dienone is 4. The SMILES string of the molecule is CC1=C(C)C([Si](C)(C)NC(C)(C)C)C(C)=C1C.[CH3][Ti][CH3]. The maximum atomic E-state index is 3.91. The summed E-state index contributed by atoms with van der Waals surface area (Å²) in [7, 11) is -1.48. The first-order valence-electron chi connectivity index (χ1n) is 7.62. The van der Waals surface area contributed by atoms with Crippen LogP contribution >= 0.6 is 0 Å².